The van der Waals surface area contributed by atoms with Gasteiger partial charge in [0.1, 0.15) is 0 Å². The highest BCUT2D eigenvalue weighted by molar-refractivity contribution is 5.77. The number of amides is 1. The number of nitrogens with zero attached hydrogens (tertiary/aromatic N) is 2. The summed E-state index contributed by atoms with van der Waals surface area (Å²) >= 11 is 0. The minimum Gasteiger partial charge on any atom is -0.348 e. The van der Waals surface area contributed by atoms with E-state index >= 15 is 0 Å². The minimum atomic E-state index is 0.186. The third-order valence-electron chi connectivity index (χ3n) is 4.23. The van der Waals surface area contributed by atoms with Crippen molar-refractivity contribution in [1.29, 1.82) is 0 Å². The minimum absolute atomic E-state index is 0.186. The molecule has 0 aliphatic heterocycles. The summed E-state index contributed by atoms with van der Waals surface area (Å²) in [7, 11) is 3.64. The zero-order chi connectivity index (χ0) is 13.7. The second-order valence-corrected chi connectivity index (χ2v) is 5.83. The van der Waals surface area contributed by atoms with E-state index in [0.29, 0.717) is 18.5 Å². The maximum absolute atomic E-state index is 11.9. The van der Waals surface area contributed by atoms with E-state index in [9.17, 15) is 4.79 Å². The first-order valence-electron chi connectivity index (χ1n) is 7.13. The van der Waals surface area contributed by atoms with Gasteiger partial charge in [0, 0.05) is 20.1 Å². The zero-order valence-corrected chi connectivity index (χ0v) is 12.4. The van der Waals surface area contributed by atoms with Gasteiger partial charge in [-0.25, -0.2) is 0 Å². The molecule has 4 nitrogen and oxygen atoms in total. The van der Waals surface area contributed by atoms with Gasteiger partial charge >= 0.3 is 0 Å². The molecule has 0 aromatic heterocycles. The normalized spacial score (nSPS) is 28.4. The molecule has 1 aliphatic carbocycles. The van der Waals surface area contributed by atoms with E-state index in [1.807, 2.05) is 14.1 Å². The van der Waals surface area contributed by atoms with Crippen LogP contribution in [0.2, 0.25) is 0 Å². The molecule has 18 heavy (non-hydrogen) atoms. The van der Waals surface area contributed by atoms with E-state index < -0.39 is 0 Å². The van der Waals surface area contributed by atoms with Crippen molar-refractivity contribution in [2.45, 2.75) is 39.2 Å². The van der Waals surface area contributed by atoms with E-state index in [0.717, 1.165) is 19.0 Å². The summed E-state index contributed by atoms with van der Waals surface area (Å²) in [5.41, 5.74) is 5.90. The summed E-state index contributed by atoms with van der Waals surface area (Å²) in [4.78, 5) is 15.9. The molecule has 1 rings (SSSR count). The molecular formula is C14H29N3O. The molecule has 0 spiro atoms. The largest absolute Gasteiger partial charge is 0.348 e. The van der Waals surface area contributed by atoms with Crippen LogP contribution in [0.1, 0.15) is 33.1 Å². The predicted octanol–water partition coefficient (Wildman–Crippen LogP) is 1.16. The Morgan fingerprint density at radius 3 is 2.50 bits per heavy atom. The molecule has 1 saturated carbocycles. The molecule has 2 N–H and O–H groups in total. The van der Waals surface area contributed by atoms with Crippen molar-refractivity contribution in [3.63, 3.8) is 0 Å². The summed E-state index contributed by atoms with van der Waals surface area (Å²) in [6.45, 7) is 6.63. The topological polar surface area (TPSA) is 49.6 Å². The SMILES string of the molecule is CCN(CC(=O)N(C)C)C1CC(C)CCC1CN. The first kappa shape index (κ1) is 15.4. The Morgan fingerprint density at radius 1 is 1.33 bits per heavy atom. The van der Waals surface area contributed by atoms with Crippen LogP contribution in [-0.4, -0.2) is 55.5 Å². The van der Waals surface area contributed by atoms with Crippen molar-refractivity contribution in [1.82, 2.24) is 9.80 Å². The number of carbonyl (C=O) groups excluding carboxylic acids is 1. The summed E-state index contributed by atoms with van der Waals surface area (Å²) in [5, 5.41) is 0. The fourth-order valence-corrected chi connectivity index (χ4v) is 2.91. The van der Waals surface area contributed by atoms with Gasteiger partial charge in [-0.2, -0.15) is 0 Å². The quantitative estimate of drug-likeness (QED) is 0.802. The van der Waals surface area contributed by atoms with Gasteiger partial charge in [-0.15, -0.1) is 0 Å². The summed E-state index contributed by atoms with van der Waals surface area (Å²) in [5.74, 6) is 1.49. The molecule has 1 amide bonds. The molecule has 0 heterocycles. The van der Waals surface area contributed by atoms with Crippen LogP contribution < -0.4 is 5.73 Å². The summed E-state index contributed by atoms with van der Waals surface area (Å²) in [6.07, 6.45) is 3.66. The maximum atomic E-state index is 11.9. The van der Waals surface area contributed by atoms with Crippen LogP contribution in [-0.2, 0) is 4.79 Å². The first-order chi connectivity index (χ1) is 8.49. The molecule has 0 aromatic carbocycles. The Balaban J connectivity index is 2.68. The van der Waals surface area contributed by atoms with Crippen LogP contribution in [0.5, 0.6) is 0 Å². The molecule has 3 atom stereocenters. The molecule has 3 unspecified atom stereocenters. The number of carbonyl (C=O) groups is 1. The van der Waals surface area contributed by atoms with Crippen molar-refractivity contribution >= 4 is 5.91 Å². The Kier molecular flexibility index (Phi) is 6.09. The van der Waals surface area contributed by atoms with Crippen LogP contribution in [0.15, 0.2) is 0 Å². The molecule has 4 heteroatoms. The lowest BCUT2D eigenvalue weighted by Crippen LogP contribution is -2.49. The fourth-order valence-electron chi connectivity index (χ4n) is 2.91. The molecule has 0 aromatic rings. The van der Waals surface area contributed by atoms with Crippen LogP contribution in [0.4, 0.5) is 0 Å². The van der Waals surface area contributed by atoms with Gasteiger partial charge < -0.3 is 10.6 Å². The number of rotatable bonds is 5. The lowest BCUT2D eigenvalue weighted by atomic mass is 9.78. The number of hydrogen-bond acceptors (Lipinski definition) is 3. The van der Waals surface area contributed by atoms with E-state index in [1.165, 1.54) is 19.3 Å². The molecule has 0 bridgehead atoms. The van der Waals surface area contributed by atoms with Crippen molar-refractivity contribution in [3.8, 4) is 0 Å². The van der Waals surface area contributed by atoms with Crippen LogP contribution in [0.3, 0.4) is 0 Å². The van der Waals surface area contributed by atoms with Crippen LogP contribution in [0, 0.1) is 11.8 Å². The third-order valence-corrected chi connectivity index (χ3v) is 4.23. The van der Waals surface area contributed by atoms with Crippen LogP contribution >= 0.6 is 0 Å². The Morgan fingerprint density at radius 2 is 2.00 bits per heavy atom. The monoisotopic (exact) mass is 255 g/mol. The van der Waals surface area contributed by atoms with Gasteiger partial charge in [0.15, 0.2) is 0 Å². The van der Waals surface area contributed by atoms with E-state index in [4.69, 9.17) is 5.73 Å². The Hall–Kier alpha value is -0.610. The average molecular weight is 255 g/mol. The fraction of sp³-hybridized carbons (Fsp3) is 0.929. The summed E-state index contributed by atoms with van der Waals surface area (Å²) in [6, 6.07) is 0.479. The predicted molar refractivity (Wildman–Crippen MR) is 75.3 cm³/mol. The molecule has 106 valence electrons. The highest BCUT2D eigenvalue weighted by Crippen LogP contribution is 2.31. The molecule has 0 radical (unpaired) electrons. The second kappa shape index (κ2) is 7.10. The third kappa shape index (κ3) is 3.95. The Labute approximate surface area is 111 Å². The van der Waals surface area contributed by atoms with Gasteiger partial charge in [0.2, 0.25) is 5.91 Å². The van der Waals surface area contributed by atoms with E-state index in [-0.39, 0.29) is 5.91 Å². The van der Waals surface area contributed by atoms with Crippen molar-refractivity contribution in [2.75, 3.05) is 33.7 Å². The van der Waals surface area contributed by atoms with Crippen molar-refractivity contribution < 1.29 is 4.79 Å². The number of likely N-dealkylation sites (N-methyl/N-ethyl adjacent to an activating group) is 2. The van der Waals surface area contributed by atoms with Crippen molar-refractivity contribution in [2.24, 2.45) is 17.6 Å². The van der Waals surface area contributed by atoms with E-state index in [2.05, 4.69) is 18.7 Å². The molecular weight excluding hydrogens is 226 g/mol. The zero-order valence-electron chi connectivity index (χ0n) is 12.4. The lowest BCUT2D eigenvalue weighted by molar-refractivity contribution is -0.131. The lowest BCUT2D eigenvalue weighted by Gasteiger charge is -2.41. The standard InChI is InChI=1S/C14H29N3O/c1-5-17(10-14(18)16(3)4)13-8-11(2)6-7-12(13)9-15/h11-13H,5-10,15H2,1-4H3. The highest BCUT2D eigenvalue weighted by atomic mass is 16.2. The Bertz CT molecular complexity index is 268. The first-order valence-corrected chi connectivity index (χ1v) is 7.13. The number of hydrogen-bond donors (Lipinski definition) is 1. The summed E-state index contributed by atoms with van der Waals surface area (Å²) < 4.78 is 0. The van der Waals surface area contributed by atoms with Crippen LogP contribution in [0.25, 0.3) is 0 Å². The van der Waals surface area contributed by atoms with Crippen molar-refractivity contribution in [3.05, 3.63) is 0 Å². The molecule has 1 fully saturated rings. The van der Waals surface area contributed by atoms with Gasteiger partial charge in [0.05, 0.1) is 6.54 Å². The molecule has 0 saturated heterocycles. The van der Waals surface area contributed by atoms with Gasteiger partial charge in [-0.1, -0.05) is 20.3 Å². The second-order valence-electron chi connectivity index (χ2n) is 5.83. The van der Waals surface area contributed by atoms with Gasteiger partial charge in [0.25, 0.3) is 0 Å². The van der Waals surface area contributed by atoms with E-state index in [1.54, 1.807) is 4.90 Å². The molecule has 1 aliphatic rings. The smallest absolute Gasteiger partial charge is 0.236 e. The highest BCUT2D eigenvalue weighted by Gasteiger charge is 2.32. The average Bonchev–Trinajstić information content (AvgIpc) is 2.35. The maximum Gasteiger partial charge on any atom is 0.236 e. The number of nitrogens with two attached hydrogens (primary N) is 1. The van der Waals surface area contributed by atoms with Gasteiger partial charge in [-0.3, -0.25) is 9.69 Å². The van der Waals surface area contributed by atoms with Gasteiger partial charge in [-0.05, 0) is 37.8 Å².